The van der Waals surface area contributed by atoms with Gasteiger partial charge >= 0.3 is 0 Å². The number of nitrogens with one attached hydrogen (secondary N) is 1. The molecule has 2 heterocycles. The number of nitrogens with zero attached hydrogens (tertiary/aromatic N) is 3. The summed E-state index contributed by atoms with van der Waals surface area (Å²) in [4.78, 5) is 11.5. The van der Waals surface area contributed by atoms with Crippen LogP contribution < -0.4 is 16.2 Å². The first kappa shape index (κ1) is 13.1. The summed E-state index contributed by atoms with van der Waals surface area (Å²) in [7, 11) is 0. The first-order valence-electron chi connectivity index (χ1n) is 6.74. The van der Waals surface area contributed by atoms with Crippen molar-refractivity contribution in [1.29, 1.82) is 0 Å². The van der Waals surface area contributed by atoms with Crippen molar-refractivity contribution in [2.45, 2.75) is 40.0 Å². The molecule has 1 saturated heterocycles. The van der Waals surface area contributed by atoms with Crippen LogP contribution in [0, 0.1) is 12.8 Å². The minimum atomic E-state index is 0.739. The fourth-order valence-corrected chi connectivity index (χ4v) is 2.46. The summed E-state index contributed by atoms with van der Waals surface area (Å²) in [5, 5.41) is 0. The molecular formula is C13H23N5. The second-order valence-corrected chi connectivity index (χ2v) is 5.17. The summed E-state index contributed by atoms with van der Waals surface area (Å²) in [6.45, 7) is 8.60. The van der Waals surface area contributed by atoms with E-state index in [0.29, 0.717) is 0 Å². The third-order valence-corrected chi connectivity index (χ3v) is 3.50. The number of aryl methyl sites for hydroxylation is 1. The molecule has 1 aromatic rings. The van der Waals surface area contributed by atoms with Gasteiger partial charge in [-0.1, -0.05) is 13.8 Å². The Morgan fingerprint density at radius 2 is 2.22 bits per heavy atom. The highest BCUT2D eigenvalue weighted by Crippen LogP contribution is 2.28. The van der Waals surface area contributed by atoms with Gasteiger partial charge in [-0.15, -0.1) is 0 Å². The van der Waals surface area contributed by atoms with Crippen molar-refractivity contribution >= 4 is 11.6 Å². The lowest BCUT2D eigenvalue weighted by Gasteiger charge is -2.21. The SMILES string of the molecule is CCCc1nc(NN)c(C)c(N2CCC(C)C2)n1. The van der Waals surface area contributed by atoms with Gasteiger partial charge in [-0.3, -0.25) is 0 Å². The van der Waals surface area contributed by atoms with Crippen LogP contribution in [0.15, 0.2) is 0 Å². The highest BCUT2D eigenvalue weighted by molar-refractivity contribution is 5.58. The summed E-state index contributed by atoms with van der Waals surface area (Å²) >= 11 is 0. The molecule has 2 rings (SSSR count). The third-order valence-electron chi connectivity index (χ3n) is 3.50. The lowest BCUT2D eigenvalue weighted by molar-refractivity contribution is 0.658. The quantitative estimate of drug-likeness (QED) is 0.630. The number of anilines is 2. The zero-order valence-electron chi connectivity index (χ0n) is 11.5. The van der Waals surface area contributed by atoms with E-state index in [0.717, 1.165) is 54.9 Å². The Bertz CT molecular complexity index is 418. The first-order chi connectivity index (χ1) is 8.65. The predicted octanol–water partition coefficient (Wildman–Crippen LogP) is 1.87. The normalized spacial score (nSPS) is 19.3. The van der Waals surface area contributed by atoms with Gasteiger partial charge in [-0.25, -0.2) is 15.8 Å². The molecule has 0 amide bonds. The molecule has 1 atom stereocenters. The lowest BCUT2D eigenvalue weighted by Crippen LogP contribution is -2.24. The molecule has 1 unspecified atom stereocenters. The summed E-state index contributed by atoms with van der Waals surface area (Å²) in [5.74, 6) is 8.97. The first-order valence-corrected chi connectivity index (χ1v) is 6.74. The minimum Gasteiger partial charge on any atom is -0.356 e. The van der Waals surface area contributed by atoms with Gasteiger partial charge in [-0.05, 0) is 25.7 Å². The minimum absolute atomic E-state index is 0.739. The van der Waals surface area contributed by atoms with E-state index in [1.807, 2.05) is 6.92 Å². The molecule has 1 aliphatic heterocycles. The molecule has 5 nitrogen and oxygen atoms in total. The second-order valence-electron chi connectivity index (χ2n) is 5.17. The molecule has 18 heavy (non-hydrogen) atoms. The number of aromatic nitrogens is 2. The predicted molar refractivity (Wildman–Crippen MR) is 74.6 cm³/mol. The number of nitrogen functional groups attached to an aromatic ring is 1. The van der Waals surface area contributed by atoms with Crippen LogP contribution in [0.2, 0.25) is 0 Å². The smallest absolute Gasteiger partial charge is 0.148 e. The summed E-state index contributed by atoms with van der Waals surface area (Å²) in [6, 6.07) is 0. The van der Waals surface area contributed by atoms with Crippen molar-refractivity contribution < 1.29 is 0 Å². The molecule has 1 fully saturated rings. The molecule has 100 valence electrons. The number of nitrogens with two attached hydrogens (primary N) is 1. The Morgan fingerprint density at radius 1 is 1.44 bits per heavy atom. The Balaban J connectivity index is 2.35. The van der Waals surface area contributed by atoms with Crippen molar-refractivity contribution in [2.75, 3.05) is 23.4 Å². The monoisotopic (exact) mass is 249 g/mol. The van der Waals surface area contributed by atoms with E-state index in [4.69, 9.17) is 10.8 Å². The van der Waals surface area contributed by atoms with Crippen LogP contribution in [-0.2, 0) is 6.42 Å². The van der Waals surface area contributed by atoms with Crippen LogP contribution in [0.25, 0.3) is 0 Å². The van der Waals surface area contributed by atoms with Gasteiger partial charge in [0.15, 0.2) is 0 Å². The highest BCUT2D eigenvalue weighted by atomic mass is 15.3. The largest absolute Gasteiger partial charge is 0.356 e. The van der Waals surface area contributed by atoms with E-state index < -0.39 is 0 Å². The Kier molecular flexibility index (Phi) is 4.01. The molecule has 5 heteroatoms. The molecule has 0 bridgehead atoms. The van der Waals surface area contributed by atoms with Crippen LogP contribution in [0.3, 0.4) is 0 Å². The van der Waals surface area contributed by atoms with Crippen molar-refractivity contribution in [2.24, 2.45) is 11.8 Å². The van der Waals surface area contributed by atoms with Gasteiger partial charge in [0.1, 0.15) is 17.5 Å². The fraction of sp³-hybridized carbons (Fsp3) is 0.692. The topological polar surface area (TPSA) is 67.1 Å². The number of hydrogen-bond donors (Lipinski definition) is 2. The van der Waals surface area contributed by atoms with Gasteiger partial charge in [-0.2, -0.15) is 0 Å². The van der Waals surface area contributed by atoms with E-state index >= 15 is 0 Å². The number of rotatable bonds is 4. The summed E-state index contributed by atoms with van der Waals surface area (Å²) in [5.41, 5.74) is 3.74. The van der Waals surface area contributed by atoms with Crippen LogP contribution in [0.5, 0.6) is 0 Å². The Labute approximate surface area is 109 Å². The molecule has 0 spiro atoms. The maximum atomic E-state index is 5.55. The van der Waals surface area contributed by atoms with E-state index in [2.05, 4.69) is 29.2 Å². The highest BCUT2D eigenvalue weighted by Gasteiger charge is 2.23. The average molecular weight is 249 g/mol. The fourth-order valence-electron chi connectivity index (χ4n) is 2.46. The summed E-state index contributed by atoms with van der Waals surface area (Å²) in [6.07, 6.45) is 3.17. The van der Waals surface area contributed by atoms with Gasteiger partial charge in [0.05, 0.1) is 0 Å². The van der Waals surface area contributed by atoms with Crippen molar-refractivity contribution in [1.82, 2.24) is 9.97 Å². The molecule has 1 aliphatic rings. The molecule has 0 saturated carbocycles. The van der Waals surface area contributed by atoms with Gasteiger partial charge in [0, 0.05) is 25.1 Å². The van der Waals surface area contributed by atoms with Crippen molar-refractivity contribution in [3.8, 4) is 0 Å². The Hall–Kier alpha value is -1.36. The van der Waals surface area contributed by atoms with Gasteiger partial charge < -0.3 is 10.3 Å². The summed E-state index contributed by atoms with van der Waals surface area (Å²) < 4.78 is 0. The molecule has 3 N–H and O–H groups in total. The van der Waals surface area contributed by atoms with Crippen LogP contribution in [-0.4, -0.2) is 23.1 Å². The molecule has 1 aromatic heterocycles. The van der Waals surface area contributed by atoms with Gasteiger partial charge in [0.25, 0.3) is 0 Å². The molecule has 0 aliphatic carbocycles. The maximum absolute atomic E-state index is 5.55. The zero-order chi connectivity index (χ0) is 13.1. The van der Waals surface area contributed by atoms with Gasteiger partial charge in [0.2, 0.25) is 0 Å². The zero-order valence-corrected chi connectivity index (χ0v) is 11.5. The standard InChI is InChI=1S/C13H23N5/c1-4-5-11-15-12(17-14)10(3)13(16-11)18-7-6-9(2)8-18/h9H,4-8,14H2,1-3H3,(H,15,16,17). The van der Waals surface area contributed by atoms with Crippen LogP contribution in [0.4, 0.5) is 11.6 Å². The van der Waals surface area contributed by atoms with E-state index in [1.54, 1.807) is 0 Å². The average Bonchev–Trinajstić information content (AvgIpc) is 2.78. The molecule has 0 radical (unpaired) electrons. The van der Waals surface area contributed by atoms with E-state index in [9.17, 15) is 0 Å². The van der Waals surface area contributed by atoms with Crippen molar-refractivity contribution in [3.63, 3.8) is 0 Å². The van der Waals surface area contributed by atoms with Crippen molar-refractivity contribution in [3.05, 3.63) is 11.4 Å². The van der Waals surface area contributed by atoms with Crippen LogP contribution in [0.1, 0.15) is 38.1 Å². The van der Waals surface area contributed by atoms with Crippen LogP contribution >= 0.6 is 0 Å². The number of hydrogen-bond acceptors (Lipinski definition) is 5. The van der Waals surface area contributed by atoms with E-state index in [-0.39, 0.29) is 0 Å². The second kappa shape index (κ2) is 5.52. The maximum Gasteiger partial charge on any atom is 0.148 e. The third kappa shape index (κ3) is 2.56. The lowest BCUT2D eigenvalue weighted by atomic mass is 10.2. The molecular weight excluding hydrogens is 226 g/mol. The van der Waals surface area contributed by atoms with E-state index in [1.165, 1.54) is 6.42 Å². The Morgan fingerprint density at radius 3 is 2.78 bits per heavy atom. The molecule has 0 aromatic carbocycles. The number of hydrazine groups is 1.